The summed E-state index contributed by atoms with van der Waals surface area (Å²) in [5, 5.41) is 43.6. The van der Waals surface area contributed by atoms with E-state index in [1.54, 1.807) is 0 Å². The monoisotopic (exact) mass is 371 g/mol. The highest BCUT2D eigenvalue weighted by molar-refractivity contribution is 5.64. The van der Waals surface area contributed by atoms with Crippen LogP contribution in [0.1, 0.15) is 20.8 Å². The van der Waals surface area contributed by atoms with E-state index in [-0.39, 0.29) is 0 Å². The molecule has 2 N–H and O–H groups in total. The zero-order valence-corrected chi connectivity index (χ0v) is 14.7. The summed E-state index contributed by atoms with van der Waals surface area (Å²) < 4.78 is 0. The SMILES string of the molecule is CC(C)(C)N1CCNCC1.O=[N+]([O-])c1cc([N+](=O)[O-])c(O)c([N+](=O)[O-])c1. The van der Waals surface area contributed by atoms with E-state index in [1.165, 1.54) is 13.1 Å². The number of phenols is 1. The Hall–Kier alpha value is -2.86. The predicted molar refractivity (Wildman–Crippen MR) is 92.3 cm³/mol. The van der Waals surface area contributed by atoms with Gasteiger partial charge in [-0.1, -0.05) is 0 Å². The number of piperazine rings is 1. The molecule has 0 saturated carbocycles. The molecule has 1 aliphatic rings. The van der Waals surface area contributed by atoms with Gasteiger partial charge in [0.2, 0.25) is 0 Å². The van der Waals surface area contributed by atoms with Crippen LogP contribution in [0.25, 0.3) is 0 Å². The maximum Gasteiger partial charge on any atom is 0.324 e. The van der Waals surface area contributed by atoms with Crippen LogP contribution < -0.4 is 5.32 Å². The van der Waals surface area contributed by atoms with Crippen LogP contribution in [0.3, 0.4) is 0 Å². The molecule has 1 saturated heterocycles. The quantitative estimate of drug-likeness (QED) is 0.595. The van der Waals surface area contributed by atoms with Gasteiger partial charge in [-0.3, -0.25) is 35.2 Å². The van der Waals surface area contributed by atoms with Gasteiger partial charge in [-0.2, -0.15) is 0 Å². The maximum absolute atomic E-state index is 10.4. The molecule has 0 unspecified atom stereocenters. The van der Waals surface area contributed by atoms with Crippen LogP contribution in [0, 0.1) is 30.3 Å². The van der Waals surface area contributed by atoms with E-state index >= 15 is 0 Å². The Balaban J connectivity index is 0.000000289. The molecule has 0 amide bonds. The largest absolute Gasteiger partial charge is 0.497 e. The number of phenolic OH excluding ortho intramolecular Hbond substituents is 1. The standard InChI is InChI=1S/C8H18N2.C6H3N3O7/c1-8(2,3)10-6-4-9-5-7-10;10-6-4(8(13)14)1-3(7(11)12)2-5(6)9(15)16/h9H,4-7H2,1-3H3;1-2,10H. The number of aromatic hydroxyl groups is 1. The van der Waals surface area contributed by atoms with Crippen LogP contribution in [0.5, 0.6) is 5.75 Å². The van der Waals surface area contributed by atoms with Crippen molar-refractivity contribution in [2.45, 2.75) is 26.3 Å². The van der Waals surface area contributed by atoms with E-state index in [0.29, 0.717) is 17.7 Å². The number of non-ortho nitro benzene ring substituents is 1. The van der Waals surface area contributed by atoms with Gasteiger partial charge in [-0.15, -0.1) is 0 Å². The third-order valence-corrected chi connectivity index (χ3v) is 3.72. The van der Waals surface area contributed by atoms with E-state index in [1.807, 2.05) is 0 Å². The van der Waals surface area contributed by atoms with Crippen molar-refractivity contribution in [3.05, 3.63) is 42.5 Å². The van der Waals surface area contributed by atoms with E-state index in [4.69, 9.17) is 5.11 Å². The van der Waals surface area contributed by atoms with Crippen LogP contribution in [-0.2, 0) is 0 Å². The molecule has 12 heteroatoms. The molecule has 1 heterocycles. The van der Waals surface area contributed by atoms with Gasteiger partial charge >= 0.3 is 11.4 Å². The Kier molecular flexibility index (Phi) is 6.92. The van der Waals surface area contributed by atoms with Crippen LogP contribution in [0.15, 0.2) is 12.1 Å². The van der Waals surface area contributed by atoms with Crippen molar-refractivity contribution >= 4 is 17.1 Å². The lowest BCUT2D eigenvalue weighted by Crippen LogP contribution is -2.51. The number of hydrogen-bond acceptors (Lipinski definition) is 9. The molecule has 0 bridgehead atoms. The highest BCUT2D eigenvalue weighted by atomic mass is 16.6. The minimum Gasteiger partial charge on any atom is -0.497 e. The summed E-state index contributed by atoms with van der Waals surface area (Å²) in [4.78, 5) is 30.3. The number of rotatable bonds is 3. The van der Waals surface area contributed by atoms with Gasteiger partial charge < -0.3 is 10.4 Å². The second-order valence-corrected chi connectivity index (χ2v) is 6.51. The van der Waals surface area contributed by atoms with Crippen molar-refractivity contribution in [1.29, 1.82) is 0 Å². The zero-order chi connectivity index (χ0) is 20.1. The molecule has 1 aromatic rings. The first-order valence-corrected chi connectivity index (χ1v) is 7.71. The van der Waals surface area contributed by atoms with Gasteiger partial charge in [-0.25, -0.2) is 0 Å². The van der Waals surface area contributed by atoms with E-state index in [2.05, 4.69) is 31.0 Å². The Morgan fingerprint density at radius 1 is 0.962 bits per heavy atom. The summed E-state index contributed by atoms with van der Waals surface area (Å²) in [6.07, 6.45) is 0. The summed E-state index contributed by atoms with van der Waals surface area (Å²) in [5.74, 6) is -1.21. The van der Waals surface area contributed by atoms with Gasteiger partial charge in [0.15, 0.2) is 0 Å². The molecular weight excluding hydrogens is 350 g/mol. The van der Waals surface area contributed by atoms with Crippen molar-refractivity contribution in [3.8, 4) is 5.75 Å². The van der Waals surface area contributed by atoms with Gasteiger partial charge in [0.05, 0.1) is 26.9 Å². The normalized spacial score (nSPS) is 14.9. The lowest BCUT2D eigenvalue weighted by Gasteiger charge is -2.38. The van der Waals surface area contributed by atoms with Gasteiger partial charge in [0.1, 0.15) is 0 Å². The highest BCUT2D eigenvalue weighted by Crippen LogP contribution is 2.38. The molecule has 0 aromatic heterocycles. The molecule has 0 radical (unpaired) electrons. The maximum atomic E-state index is 10.4. The summed E-state index contributed by atoms with van der Waals surface area (Å²) in [7, 11) is 0. The molecule has 2 rings (SSSR count). The molecule has 1 aliphatic heterocycles. The number of nitrogens with one attached hydrogen (secondary N) is 1. The topological polar surface area (TPSA) is 165 Å². The minimum atomic E-state index is -1.21. The van der Waals surface area contributed by atoms with E-state index in [9.17, 15) is 30.3 Å². The first kappa shape index (κ1) is 21.2. The number of nitrogens with zero attached hydrogens (tertiary/aromatic N) is 4. The zero-order valence-electron chi connectivity index (χ0n) is 14.7. The van der Waals surface area contributed by atoms with Crippen molar-refractivity contribution in [2.75, 3.05) is 26.2 Å². The fraction of sp³-hybridized carbons (Fsp3) is 0.571. The summed E-state index contributed by atoms with van der Waals surface area (Å²) in [5.41, 5.74) is -2.64. The second kappa shape index (κ2) is 8.49. The Labute approximate surface area is 148 Å². The van der Waals surface area contributed by atoms with Crippen LogP contribution in [-0.4, -0.2) is 56.5 Å². The fourth-order valence-corrected chi connectivity index (χ4v) is 2.31. The Bertz CT molecular complexity index is 660. The predicted octanol–water partition coefficient (Wildman–Crippen LogP) is 1.81. The first-order valence-electron chi connectivity index (χ1n) is 7.71. The Morgan fingerprint density at radius 3 is 1.65 bits per heavy atom. The third-order valence-electron chi connectivity index (χ3n) is 3.72. The van der Waals surface area contributed by atoms with Crippen molar-refractivity contribution in [1.82, 2.24) is 10.2 Å². The molecule has 1 aromatic carbocycles. The number of nitro benzene ring substituents is 3. The molecule has 144 valence electrons. The lowest BCUT2D eigenvalue weighted by molar-refractivity contribution is -0.404. The lowest BCUT2D eigenvalue weighted by atomic mass is 10.1. The highest BCUT2D eigenvalue weighted by Gasteiger charge is 2.30. The molecule has 26 heavy (non-hydrogen) atoms. The second-order valence-electron chi connectivity index (χ2n) is 6.51. The summed E-state index contributed by atoms with van der Waals surface area (Å²) in [6, 6.07) is 0.894. The Morgan fingerprint density at radius 2 is 1.38 bits per heavy atom. The molecule has 0 spiro atoms. The van der Waals surface area contributed by atoms with Gasteiger partial charge in [0, 0.05) is 31.7 Å². The van der Waals surface area contributed by atoms with Crippen LogP contribution >= 0.6 is 0 Å². The van der Waals surface area contributed by atoms with Gasteiger partial charge in [-0.05, 0) is 20.8 Å². The molecule has 12 nitrogen and oxygen atoms in total. The smallest absolute Gasteiger partial charge is 0.324 e. The summed E-state index contributed by atoms with van der Waals surface area (Å²) in [6.45, 7) is 11.5. The van der Waals surface area contributed by atoms with Crippen molar-refractivity contribution in [3.63, 3.8) is 0 Å². The first-order chi connectivity index (χ1) is 11.9. The fourth-order valence-electron chi connectivity index (χ4n) is 2.31. The van der Waals surface area contributed by atoms with Crippen molar-refractivity contribution < 1.29 is 19.9 Å². The molecule has 0 atom stereocenters. The molecular formula is C14H21N5O7. The summed E-state index contributed by atoms with van der Waals surface area (Å²) >= 11 is 0. The third kappa shape index (κ3) is 5.60. The molecule has 0 aliphatic carbocycles. The number of benzene rings is 1. The van der Waals surface area contributed by atoms with Gasteiger partial charge in [0.25, 0.3) is 11.4 Å². The van der Waals surface area contributed by atoms with Crippen molar-refractivity contribution in [2.24, 2.45) is 0 Å². The van der Waals surface area contributed by atoms with Crippen LogP contribution in [0.2, 0.25) is 0 Å². The number of nitro groups is 3. The average Bonchev–Trinajstić information content (AvgIpc) is 2.55. The number of hydrogen-bond donors (Lipinski definition) is 2. The average molecular weight is 371 g/mol. The molecule has 1 fully saturated rings. The van der Waals surface area contributed by atoms with E-state index in [0.717, 1.165) is 13.1 Å². The van der Waals surface area contributed by atoms with E-state index < -0.39 is 37.6 Å². The minimum absolute atomic E-state index is 0.363. The van der Waals surface area contributed by atoms with Crippen LogP contribution in [0.4, 0.5) is 17.1 Å².